The van der Waals surface area contributed by atoms with Gasteiger partial charge < -0.3 is 0 Å². The van der Waals surface area contributed by atoms with Crippen LogP contribution in [0.15, 0.2) is 65.9 Å². The number of aromatic nitrogens is 2. The van der Waals surface area contributed by atoms with Crippen molar-refractivity contribution in [3.05, 3.63) is 77.6 Å². The molecule has 0 N–H and O–H groups in total. The molecule has 0 fully saturated rings. The van der Waals surface area contributed by atoms with Gasteiger partial charge in [0, 0.05) is 29.6 Å². The minimum absolute atomic E-state index is 0.840. The van der Waals surface area contributed by atoms with E-state index in [4.69, 9.17) is 4.99 Å². The standard InChI is InChI=1S/C21H15N3/c1-13-6-2-3-7-14(13)18-12-17-15-8-4-10-22-20(15)21-16(19(17)24-18)9-5-11-23-21/h2-11H,12H2,1H3. The number of aliphatic imine (C=N–C) groups is 1. The van der Waals surface area contributed by atoms with E-state index in [2.05, 4.69) is 53.3 Å². The van der Waals surface area contributed by atoms with Crippen LogP contribution < -0.4 is 0 Å². The first-order valence-corrected chi connectivity index (χ1v) is 8.11. The van der Waals surface area contributed by atoms with E-state index in [1.807, 2.05) is 24.5 Å². The first-order chi connectivity index (χ1) is 11.8. The van der Waals surface area contributed by atoms with Crippen molar-refractivity contribution >= 4 is 33.2 Å². The van der Waals surface area contributed by atoms with Gasteiger partial charge in [-0.05, 0) is 41.8 Å². The highest BCUT2D eigenvalue weighted by Crippen LogP contribution is 2.41. The number of aryl methyl sites for hydroxylation is 1. The summed E-state index contributed by atoms with van der Waals surface area (Å²) in [6.07, 6.45) is 4.50. The highest BCUT2D eigenvalue weighted by Gasteiger charge is 2.23. The molecule has 5 rings (SSSR count). The number of pyridine rings is 2. The summed E-state index contributed by atoms with van der Waals surface area (Å²) < 4.78 is 0. The lowest BCUT2D eigenvalue weighted by Crippen LogP contribution is -2.02. The second kappa shape index (κ2) is 4.96. The molecule has 4 aromatic rings. The molecule has 114 valence electrons. The molecule has 0 spiro atoms. The molecule has 1 aliphatic rings. The Balaban J connectivity index is 1.85. The minimum Gasteiger partial charge on any atom is -0.254 e. The predicted molar refractivity (Wildman–Crippen MR) is 98.1 cm³/mol. The Labute approximate surface area is 139 Å². The summed E-state index contributed by atoms with van der Waals surface area (Å²) >= 11 is 0. The van der Waals surface area contributed by atoms with Gasteiger partial charge in [0.15, 0.2) is 0 Å². The van der Waals surface area contributed by atoms with E-state index < -0.39 is 0 Å². The lowest BCUT2D eigenvalue weighted by Gasteiger charge is -2.08. The van der Waals surface area contributed by atoms with Gasteiger partial charge in [-0.3, -0.25) is 15.0 Å². The fourth-order valence-electron chi connectivity index (χ4n) is 3.61. The van der Waals surface area contributed by atoms with Crippen LogP contribution in [0.2, 0.25) is 0 Å². The Bertz CT molecular complexity index is 1140. The number of hydrogen-bond donors (Lipinski definition) is 0. The summed E-state index contributed by atoms with van der Waals surface area (Å²) in [6.45, 7) is 2.14. The van der Waals surface area contributed by atoms with Crippen LogP contribution in [0.1, 0.15) is 16.7 Å². The van der Waals surface area contributed by atoms with Gasteiger partial charge in [0.25, 0.3) is 0 Å². The third kappa shape index (κ3) is 1.81. The third-order valence-electron chi connectivity index (χ3n) is 4.75. The van der Waals surface area contributed by atoms with Gasteiger partial charge in [-0.15, -0.1) is 0 Å². The SMILES string of the molecule is Cc1ccccc1C1=Nc2c(c3cccnc3c3ncccc23)C1. The first kappa shape index (κ1) is 13.4. The van der Waals surface area contributed by atoms with Crippen molar-refractivity contribution in [2.24, 2.45) is 4.99 Å². The number of hydrogen-bond acceptors (Lipinski definition) is 3. The molecule has 2 aromatic carbocycles. The monoisotopic (exact) mass is 309 g/mol. The molecule has 0 bridgehead atoms. The smallest absolute Gasteiger partial charge is 0.0986 e. The van der Waals surface area contributed by atoms with E-state index in [9.17, 15) is 0 Å². The molecule has 0 amide bonds. The second-order valence-electron chi connectivity index (χ2n) is 6.18. The third-order valence-corrected chi connectivity index (χ3v) is 4.75. The highest BCUT2D eigenvalue weighted by molar-refractivity contribution is 6.18. The highest BCUT2D eigenvalue weighted by atomic mass is 14.8. The molecule has 0 radical (unpaired) electrons. The van der Waals surface area contributed by atoms with Crippen LogP contribution in [0.3, 0.4) is 0 Å². The van der Waals surface area contributed by atoms with Crippen molar-refractivity contribution in [1.29, 1.82) is 0 Å². The van der Waals surface area contributed by atoms with Gasteiger partial charge in [-0.2, -0.15) is 0 Å². The van der Waals surface area contributed by atoms with Crippen LogP contribution in [0, 0.1) is 6.92 Å². The van der Waals surface area contributed by atoms with E-state index >= 15 is 0 Å². The van der Waals surface area contributed by atoms with Gasteiger partial charge in [0.2, 0.25) is 0 Å². The molecular weight excluding hydrogens is 294 g/mol. The fourth-order valence-corrected chi connectivity index (χ4v) is 3.61. The van der Waals surface area contributed by atoms with Gasteiger partial charge in [-0.25, -0.2) is 0 Å². The molecule has 3 heteroatoms. The average molecular weight is 309 g/mol. The molecule has 24 heavy (non-hydrogen) atoms. The normalized spacial score (nSPS) is 13.3. The Morgan fingerprint density at radius 2 is 1.50 bits per heavy atom. The summed E-state index contributed by atoms with van der Waals surface area (Å²) in [7, 11) is 0. The average Bonchev–Trinajstić information content (AvgIpc) is 3.08. The van der Waals surface area contributed by atoms with Gasteiger partial charge in [0.05, 0.1) is 22.4 Å². The van der Waals surface area contributed by atoms with Crippen molar-refractivity contribution in [3.63, 3.8) is 0 Å². The first-order valence-electron chi connectivity index (χ1n) is 8.11. The van der Waals surface area contributed by atoms with Gasteiger partial charge in [-0.1, -0.05) is 30.3 Å². The van der Waals surface area contributed by atoms with E-state index in [0.29, 0.717) is 0 Å². The lowest BCUT2D eigenvalue weighted by atomic mass is 9.96. The van der Waals surface area contributed by atoms with Gasteiger partial charge >= 0.3 is 0 Å². The molecule has 3 nitrogen and oxygen atoms in total. The minimum atomic E-state index is 0.840. The van der Waals surface area contributed by atoms with Crippen molar-refractivity contribution in [2.75, 3.05) is 0 Å². The molecule has 2 aromatic heterocycles. The van der Waals surface area contributed by atoms with Gasteiger partial charge in [0.1, 0.15) is 0 Å². The molecule has 0 saturated carbocycles. The Morgan fingerprint density at radius 1 is 0.792 bits per heavy atom. The van der Waals surface area contributed by atoms with E-state index in [1.165, 1.54) is 16.7 Å². The van der Waals surface area contributed by atoms with E-state index in [0.717, 1.165) is 39.6 Å². The maximum atomic E-state index is 5.01. The maximum absolute atomic E-state index is 5.01. The summed E-state index contributed by atoms with van der Waals surface area (Å²) in [5, 5.41) is 2.24. The molecule has 0 unspecified atom stereocenters. The molecule has 0 saturated heterocycles. The number of rotatable bonds is 1. The molecule has 3 heterocycles. The number of nitrogens with zero attached hydrogens (tertiary/aromatic N) is 3. The van der Waals surface area contributed by atoms with Crippen molar-refractivity contribution in [3.8, 4) is 0 Å². The van der Waals surface area contributed by atoms with Crippen molar-refractivity contribution < 1.29 is 0 Å². The van der Waals surface area contributed by atoms with Crippen LogP contribution >= 0.6 is 0 Å². The molecular formula is C21H15N3. The van der Waals surface area contributed by atoms with Crippen LogP contribution in [0.25, 0.3) is 21.8 Å². The fraction of sp³-hybridized carbons (Fsp3) is 0.0952. The number of benzene rings is 2. The van der Waals surface area contributed by atoms with E-state index in [-0.39, 0.29) is 0 Å². The second-order valence-corrected chi connectivity index (χ2v) is 6.18. The van der Waals surface area contributed by atoms with Crippen LogP contribution in [-0.2, 0) is 6.42 Å². The maximum Gasteiger partial charge on any atom is 0.0986 e. The summed E-state index contributed by atoms with van der Waals surface area (Å²) in [5.41, 5.74) is 7.82. The number of fused-ring (bicyclic) bond motifs is 6. The lowest BCUT2D eigenvalue weighted by molar-refractivity contribution is 1.35. The zero-order valence-electron chi connectivity index (χ0n) is 13.3. The Hall–Kier alpha value is -3.07. The molecule has 0 atom stereocenters. The quantitative estimate of drug-likeness (QED) is 0.475. The summed E-state index contributed by atoms with van der Waals surface area (Å²) in [6, 6.07) is 16.6. The molecule has 1 aliphatic heterocycles. The van der Waals surface area contributed by atoms with Crippen LogP contribution in [0.4, 0.5) is 5.69 Å². The Morgan fingerprint density at radius 3 is 2.29 bits per heavy atom. The summed E-state index contributed by atoms with van der Waals surface area (Å²) in [4.78, 5) is 14.2. The Kier molecular flexibility index (Phi) is 2.77. The van der Waals surface area contributed by atoms with E-state index in [1.54, 1.807) is 0 Å². The van der Waals surface area contributed by atoms with Crippen LogP contribution in [0.5, 0.6) is 0 Å². The summed E-state index contributed by atoms with van der Waals surface area (Å²) in [5.74, 6) is 0. The zero-order valence-corrected chi connectivity index (χ0v) is 13.3. The largest absolute Gasteiger partial charge is 0.254 e. The predicted octanol–water partition coefficient (Wildman–Crippen LogP) is 4.77. The van der Waals surface area contributed by atoms with Crippen molar-refractivity contribution in [1.82, 2.24) is 9.97 Å². The topological polar surface area (TPSA) is 38.1 Å². The zero-order chi connectivity index (χ0) is 16.1. The molecule has 0 aliphatic carbocycles. The van der Waals surface area contributed by atoms with Crippen LogP contribution in [-0.4, -0.2) is 15.7 Å². The van der Waals surface area contributed by atoms with Crippen molar-refractivity contribution in [2.45, 2.75) is 13.3 Å².